The third kappa shape index (κ3) is 28.2. The summed E-state index contributed by atoms with van der Waals surface area (Å²) in [5.41, 5.74) is 8.60. The molecule has 10 N–H and O–H groups in total. The third-order valence-corrected chi connectivity index (χ3v) is 12.5. The number of aromatic nitrogens is 2. The Bertz CT molecular complexity index is 2290. The highest BCUT2D eigenvalue weighted by molar-refractivity contribution is 6.16. The molecule has 3 fully saturated rings. The highest BCUT2D eigenvalue weighted by Gasteiger charge is 2.37. The Morgan fingerprint density at radius 1 is 0.975 bits per heavy atom. The minimum Gasteiger partial charge on any atom is -0.481 e. The van der Waals surface area contributed by atoms with Crippen LogP contribution in [-0.2, 0) is 44.8 Å². The fraction of sp³-hybridized carbons (Fsp3) is 0.589. The van der Waals surface area contributed by atoms with Crippen LogP contribution < -0.4 is 37.8 Å². The average molecular weight is 1110 g/mol. The Labute approximate surface area is 465 Å². The zero-order chi connectivity index (χ0) is 59.6. The summed E-state index contributed by atoms with van der Waals surface area (Å²) in [4.78, 5) is 77.8. The van der Waals surface area contributed by atoms with Crippen molar-refractivity contribution in [2.75, 3.05) is 50.6 Å². The number of carbonyl (C=O) groups is 6. The summed E-state index contributed by atoms with van der Waals surface area (Å²) >= 11 is 0. The van der Waals surface area contributed by atoms with Crippen LogP contribution in [0.2, 0.25) is 0 Å². The van der Waals surface area contributed by atoms with Gasteiger partial charge in [-0.2, -0.15) is 0 Å². The number of anilines is 2. The number of hydrogen-bond donors (Lipinski definition) is 9. The number of hydrogen-bond acceptors (Lipinski definition) is 14. The number of fused-ring (bicyclic) bond motifs is 3. The van der Waals surface area contributed by atoms with E-state index in [4.69, 9.17) is 30.3 Å². The molecule has 3 aliphatic carbocycles. The van der Waals surface area contributed by atoms with Gasteiger partial charge in [0.2, 0.25) is 31.0 Å². The molecule has 0 spiro atoms. The highest BCUT2D eigenvalue weighted by Crippen LogP contribution is 2.42. The number of nitrogens with zero attached hydrogens (tertiary/aromatic N) is 4. The fourth-order valence-corrected chi connectivity index (χ4v) is 8.39. The molecule has 0 unspecified atom stereocenters. The van der Waals surface area contributed by atoms with Crippen LogP contribution in [0.25, 0.3) is 5.57 Å². The molecule has 21 nitrogen and oxygen atoms in total. The molecule has 442 valence electrons. The Morgan fingerprint density at radius 3 is 2.14 bits per heavy atom. The van der Waals surface area contributed by atoms with Gasteiger partial charge >= 0.3 is 5.97 Å². The lowest BCUT2D eigenvalue weighted by atomic mass is 9.68. The molecule has 0 saturated heterocycles. The number of carbonyl (C=O) groups excluding carboxylic acids is 5. The van der Waals surface area contributed by atoms with E-state index < -0.39 is 23.0 Å². The van der Waals surface area contributed by atoms with E-state index in [1.54, 1.807) is 25.4 Å². The standard InChI is InChI=1S/C28H30F2N6O.C18H36N2O5.C6H12N2O2.C3H8.CH3NO2/c1-17(29)11-22-23(15-36(28(22)31-2)14-19-5-9-21(10-6-19)33-16-37)26-32-13-24(30)27(35-26)34-25-12-18-3-7-20(25)8-4-18;1-14(6-7-15(21)22)20-16(23)17(2,3)9-11-24-12-13-25-18(4,5)8-10-19;1-5(2)8-6(10)3-7-4-9;1-3-2;3-1-2-4/h5-6,9-11,13,15-16,18,20,25H,1,3-4,7-8,12,14H2,2H3,(H,33,37)(H,32,34,35);14H,6-13,19H2,1-5H3,(H,20,23)(H,21,22);4-5H,3H2,1-2H3,(H,7,9)(H,8,10);3H2,1-2H3;1,4H,(H,2,3)/b22-11-,31-28?;;;;/t18?,20?,25-;14-;;;/m11.../s1. The van der Waals surface area contributed by atoms with Crippen molar-refractivity contribution in [3.05, 3.63) is 77.9 Å². The van der Waals surface area contributed by atoms with E-state index in [0.29, 0.717) is 93.1 Å². The van der Waals surface area contributed by atoms with E-state index in [2.05, 4.69) is 62.0 Å². The van der Waals surface area contributed by atoms with Crippen LogP contribution in [0, 0.1) is 23.1 Å². The predicted octanol–water partition coefficient (Wildman–Crippen LogP) is 7.20. The van der Waals surface area contributed by atoms with Crippen LogP contribution in [-0.4, -0.2) is 132 Å². The van der Waals surface area contributed by atoms with Gasteiger partial charge in [-0.3, -0.25) is 39.0 Å². The first-order chi connectivity index (χ1) is 37.4. The molecule has 2 aromatic rings. The van der Waals surface area contributed by atoms with Crippen molar-refractivity contribution in [2.45, 2.75) is 157 Å². The van der Waals surface area contributed by atoms with Gasteiger partial charge in [0.1, 0.15) is 11.7 Å². The van der Waals surface area contributed by atoms with E-state index in [9.17, 15) is 32.8 Å². The molecule has 1 aromatic heterocycles. The highest BCUT2D eigenvalue weighted by atomic mass is 19.1. The molecule has 1 aliphatic heterocycles. The molecular weight excluding hydrogens is 1020 g/mol. The first kappa shape index (κ1) is 70.3. The van der Waals surface area contributed by atoms with Crippen molar-refractivity contribution in [3.63, 3.8) is 0 Å². The molecule has 4 aliphatic rings. The number of allylic oxidation sites excluding steroid dienone is 2. The van der Waals surface area contributed by atoms with Gasteiger partial charge in [-0.1, -0.05) is 65.7 Å². The van der Waals surface area contributed by atoms with E-state index in [-0.39, 0.29) is 66.6 Å². The maximum absolute atomic E-state index is 14.8. The van der Waals surface area contributed by atoms with Gasteiger partial charge in [-0.15, -0.1) is 0 Å². The van der Waals surface area contributed by atoms with Crippen LogP contribution in [0.15, 0.2) is 65.7 Å². The molecule has 79 heavy (non-hydrogen) atoms. The number of amides is 5. The molecule has 2 atom stereocenters. The van der Waals surface area contributed by atoms with Crippen molar-refractivity contribution >= 4 is 59.9 Å². The molecule has 3 saturated carbocycles. The summed E-state index contributed by atoms with van der Waals surface area (Å²) < 4.78 is 40.1. The van der Waals surface area contributed by atoms with E-state index >= 15 is 0 Å². The van der Waals surface area contributed by atoms with Gasteiger partial charge in [0.25, 0.3) is 0 Å². The van der Waals surface area contributed by atoms with Gasteiger partial charge in [-0.25, -0.2) is 24.2 Å². The predicted molar refractivity (Wildman–Crippen MR) is 302 cm³/mol. The van der Waals surface area contributed by atoms with E-state index in [0.717, 1.165) is 31.2 Å². The van der Waals surface area contributed by atoms with E-state index in [1.165, 1.54) is 37.0 Å². The topological polar surface area (TPSA) is 301 Å². The smallest absolute Gasteiger partial charge is 0.303 e. The lowest BCUT2D eigenvalue weighted by Gasteiger charge is -2.42. The van der Waals surface area contributed by atoms with Crippen LogP contribution >= 0.6 is 0 Å². The summed E-state index contributed by atoms with van der Waals surface area (Å²) in [5.74, 6) is -0.0459. The van der Waals surface area contributed by atoms with Gasteiger partial charge in [0.15, 0.2) is 17.5 Å². The van der Waals surface area contributed by atoms with E-state index in [1.807, 2.05) is 65.5 Å². The van der Waals surface area contributed by atoms with Crippen LogP contribution in [0.1, 0.15) is 138 Å². The van der Waals surface area contributed by atoms with Gasteiger partial charge in [0, 0.05) is 73.2 Å². The number of ether oxygens (including phenoxy) is 2. The second-order valence-corrected chi connectivity index (χ2v) is 20.7. The minimum atomic E-state index is -0.856. The number of nitrogens with one attached hydrogen (secondary N) is 6. The van der Waals surface area contributed by atoms with Gasteiger partial charge < -0.3 is 51.8 Å². The summed E-state index contributed by atoms with van der Waals surface area (Å²) in [5, 5.41) is 29.6. The van der Waals surface area contributed by atoms with Crippen LogP contribution in [0.5, 0.6) is 0 Å². The number of nitrogens with two attached hydrogens (primary N) is 1. The number of carboxylic acids is 1. The largest absolute Gasteiger partial charge is 0.481 e. The molecule has 1 aromatic carbocycles. The van der Waals surface area contributed by atoms with Crippen molar-refractivity contribution < 1.29 is 57.3 Å². The molecule has 6 rings (SSSR count). The summed E-state index contributed by atoms with van der Waals surface area (Å²) in [6.07, 6.45) is 14.5. The van der Waals surface area contributed by atoms with Crippen LogP contribution in [0.4, 0.5) is 20.3 Å². The Hall–Kier alpha value is -6.69. The Kier molecular flexibility index (Phi) is 33.8. The summed E-state index contributed by atoms with van der Waals surface area (Å²) in [6, 6.07) is 7.53. The lowest BCUT2D eigenvalue weighted by molar-refractivity contribution is -0.138. The number of halogens is 2. The minimum absolute atomic E-state index is 0.0471. The van der Waals surface area contributed by atoms with Crippen molar-refractivity contribution in [1.29, 1.82) is 0 Å². The zero-order valence-electron chi connectivity index (χ0n) is 48.0. The maximum Gasteiger partial charge on any atom is 0.303 e. The number of carboxylic acid groups (broad SMARTS) is 1. The van der Waals surface area contributed by atoms with Crippen molar-refractivity contribution in [2.24, 2.45) is 28.0 Å². The van der Waals surface area contributed by atoms with Crippen LogP contribution in [0.3, 0.4) is 0 Å². The normalized spacial score (nSPS) is 17.6. The van der Waals surface area contributed by atoms with Gasteiger partial charge in [-0.05, 0) is 115 Å². The quantitative estimate of drug-likeness (QED) is 0.0185. The molecule has 2 bridgehead atoms. The average Bonchev–Trinajstić information content (AvgIpc) is 3.83. The zero-order valence-corrected chi connectivity index (χ0v) is 48.0. The monoisotopic (exact) mass is 1110 g/mol. The molecule has 2 heterocycles. The molecule has 5 amide bonds. The lowest BCUT2D eigenvalue weighted by Crippen LogP contribution is -2.42. The van der Waals surface area contributed by atoms with Crippen molar-refractivity contribution in [3.8, 4) is 0 Å². The molecular formula is C56H89F2N11O10. The number of amidine groups is 1. The summed E-state index contributed by atoms with van der Waals surface area (Å²) in [7, 11) is 1.63. The number of rotatable bonds is 27. The second-order valence-electron chi connectivity index (χ2n) is 20.7. The number of aliphatic imine (C=N–C) groups is 1. The first-order valence-corrected chi connectivity index (χ1v) is 26.8. The third-order valence-electron chi connectivity index (χ3n) is 12.5. The number of hydroxylamine groups is 1. The summed E-state index contributed by atoms with van der Waals surface area (Å²) in [6.45, 7) is 23.4. The molecule has 0 radical (unpaired) electrons. The SMILES string of the molecule is C=C(F)/C=C1/C(c2ncc(F)c(N[C@@H]3CC4CCC3CC4)n2)=CN(Cc2ccc(NC=O)cc2)C1=NC.CC(C)NC(=O)CNC=O.CCC.C[C@H](CCC(=O)O)NC(=O)C(C)(C)CCOCCOC(C)(C)CCN.O=CNO. The Balaban J connectivity index is 0.000000639. The second kappa shape index (κ2) is 38.0. The Morgan fingerprint density at radius 2 is 1.62 bits per heavy atom. The fourth-order valence-electron chi connectivity index (χ4n) is 8.39. The van der Waals surface area contributed by atoms with Gasteiger partial charge in [0.05, 0.1) is 31.6 Å². The molecule has 23 heteroatoms. The first-order valence-electron chi connectivity index (χ1n) is 26.8. The number of aliphatic carboxylic acids is 1. The number of benzene rings is 1. The van der Waals surface area contributed by atoms with Crippen molar-refractivity contribution in [1.82, 2.24) is 36.3 Å². The maximum atomic E-state index is 14.8.